The summed E-state index contributed by atoms with van der Waals surface area (Å²) >= 11 is 0. The van der Waals surface area contributed by atoms with E-state index in [1.54, 1.807) is 25.7 Å². The molecular weight excluding hydrogens is 382 g/mol. The van der Waals surface area contributed by atoms with E-state index in [-0.39, 0.29) is 23.7 Å². The van der Waals surface area contributed by atoms with Gasteiger partial charge in [0.1, 0.15) is 18.0 Å². The number of halogens is 2. The zero-order valence-electron chi connectivity index (χ0n) is 17.6. The van der Waals surface area contributed by atoms with Crippen molar-refractivity contribution in [3.8, 4) is 5.75 Å². The molecule has 0 aromatic heterocycles. The highest BCUT2D eigenvalue weighted by molar-refractivity contribution is 5.86. The molecule has 1 heterocycles. The highest BCUT2D eigenvalue weighted by Gasteiger charge is 2.41. The van der Waals surface area contributed by atoms with Gasteiger partial charge in [0.05, 0.1) is 0 Å². The first-order valence-electron chi connectivity index (χ1n) is 9.84. The van der Waals surface area contributed by atoms with Gasteiger partial charge in [-0.25, -0.2) is 13.6 Å². The largest absolute Gasteiger partial charge is 0.487 e. The van der Waals surface area contributed by atoms with Gasteiger partial charge in [0.25, 0.3) is 0 Å². The van der Waals surface area contributed by atoms with Crippen LogP contribution in [0.5, 0.6) is 5.75 Å². The van der Waals surface area contributed by atoms with Crippen LogP contribution in [-0.2, 0) is 4.79 Å². The predicted molar refractivity (Wildman–Crippen MR) is 105 cm³/mol. The second kappa shape index (κ2) is 8.97. The fourth-order valence-electron chi connectivity index (χ4n) is 3.65. The van der Waals surface area contributed by atoms with Crippen LogP contribution in [0.2, 0.25) is 0 Å². The normalized spacial score (nSPS) is 16.6. The molecule has 0 radical (unpaired) electrons. The van der Waals surface area contributed by atoms with Crippen molar-refractivity contribution in [2.45, 2.75) is 65.1 Å². The highest BCUT2D eigenvalue weighted by atomic mass is 19.1. The lowest BCUT2D eigenvalue weighted by molar-refractivity contribution is -0.142. The number of piperidine rings is 1. The van der Waals surface area contributed by atoms with Crippen LogP contribution in [-0.4, -0.2) is 57.7 Å². The minimum absolute atomic E-state index is 0.0129. The predicted octanol–water partition coefficient (Wildman–Crippen LogP) is 4.14. The minimum Gasteiger partial charge on any atom is -0.487 e. The molecule has 2 amide bonds. The Labute approximate surface area is 170 Å². The molecule has 0 saturated carbocycles. The van der Waals surface area contributed by atoms with Gasteiger partial charge in [0, 0.05) is 37.5 Å². The quantitative estimate of drug-likeness (QED) is 0.789. The Bertz CT molecular complexity index is 741. The van der Waals surface area contributed by atoms with Crippen molar-refractivity contribution in [1.29, 1.82) is 0 Å². The van der Waals surface area contributed by atoms with E-state index in [4.69, 9.17) is 4.74 Å². The number of nitrogens with zero attached hydrogens (tertiary/aromatic N) is 2. The van der Waals surface area contributed by atoms with Gasteiger partial charge in [0.2, 0.25) is 5.91 Å². The van der Waals surface area contributed by atoms with Gasteiger partial charge in [-0.3, -0.25) is 9.69 Å². The average molecular weight is 412 g/mol. The third kappa shape index (κ3) is 5.58. The molecule has 0 bridgehead atoms. The Morgan fingerprint density at radius 3 is 2.24 bits per heavy atom. The van der Waals surface area contributed by atoms with Gasteiger partial charge >= 0.3 is 6.09 Å². The number of ether oxygens (including phenoxy) is 1. The maximum Gasteiger partial charge on any atom is 0.408 e. The Morgan fingerprint density at radius 2 is 1.79 bits per heavy atom. The second-order valence-electron chi connectivity index (χ2n) is 8.73. The molecule has 1 aliphatic heterocycles. The molecule has 0 unspecified atom stereocenters. The zero-order valence-corrected chi connectivity index (χ0v) is 17.6. The molecule has 0 spiro atoms. The molecule has 1 aromatic rings. The van der Waals surface area contributed by atoms with Crippen molar-refractivity contribution in [2.24, 2.45) is 5.92 Å². The number of carbonyl (C=O) groups excluding carboxylic acids is 1. The summed E-state index contributed by atoms with van der Waals surface area (Å²) in [7, 11) is 0. The van der Waals surface area contributed by atoms with Crippen molar-refractivity contribution in [3.63, 3.8) is 0 Å². The van der Waals surface area contributed by atoms with Gasteiger partial charge in [-0.1, -0.05) is 13.8 Å². The van der Waals surface area contributed by atoms with Crippen LogP contribution in [0.3, 0.4) is 0 Å². The Hall–Kier alpha value is -2.38. The smallest absolute Gasteiger partial charge is 0.408 e. The standard InChI is InChI=1S/C21H30F2N2O4/c1-13(2)18(25(20(27)28)21(3,4)5)19(26)24-10-8-15(9-11-24)29-17-7-6-14(22)12-16(17)23/h6-7,12-13,15,18H,8-11H2,1-5H3,(H,27,28)/t18-/m0/s1. The molecular formula is C21H30F2N2O4. The summed E-state index contributed by atoms with van der Waals surface area (Å²) in [6.07, 6.45) is -0.462. The molecule has 1 fully saturated rings. The number of benzene rings is 1. The molecule has 1 aliphatic rings. The molecule has 1 atom stereocenters. The number of carbonyl (C=O) groups is 2. The van der Waals surface area contributed by atoms with E-state index in [1.807, 2.05) is 13.8 Å². The maximum atomic E-state index is 13.8. The van der Waals surface area contributed by atoms with Crippen molar-refractivity contribution in [1.82, 2.24) is 9.80 Å². The van der Waals surface area contributed by atoms with E-state index in [0.29, 0.717) is 25.9 Å². The minimum atomic E-state index is -1.13. The number of likely N-dealkylation sites (tertiary alicyclic amines) is 1. The lowest BCUT2D eigenvalue weighted by atomic mass is 9.94. The van der Waals surface area contributed by atoms with Crippen molar-refractivity contribution >= 4 is 12.0 Å². The molecule has 1 N–H and O–H groups in total. The molecule has 29 heavy (non-hydrogen) atoms. The topological polar surface area (TPSA) is 70.1 Å². The molecule has 6 nitrogen and oxygen atoms in total. The van der Waals surface area contributed by atoms with Gasteiger partial charge in [0.15, 0.2) is 11.6 Å². The van der Waals surface area contributed by atoms with E-state index < -0.39 is 29.3 Å². The third-order valence-corrected chi connectivity index (χ3v) is 5.03. The van der Waals surface area contributed by atoms with E-state index >= 15 is 0 Å². The van der Waals surface area contributed by atoms with E-state index in [9.17, 15) is 23.5 Å². The van der Waals surface area contributed by atoms with Crippen molar-refractivity contribution in [3.05, 3.63) is 29.8 Å². The average Bonchev–Trinajstić information content (AvgIpc) is 2.60. The molecule has 1 aromatic carbocycles. The highest BCUT2D eigenvalue weighted by Crippen LogP contribution is 2.27. The van der Waals surface area contributed by atoms with Gasteiger partial charge in [-0.2, -0.15) is 0 Å². The Kier molecular flexibility index (Phi) is 7.08. The third-order valence-electron chi connectivity index (χ3n) is 5.03. The van der Waals surface area contributed by atoms with Crippen LogP contribution in [0.4, 0.5) is 13.6 Å². The summed E-state index contributed by atoms with van der Waals surface area (Å²) in [5, 5.41) is 9.70. The van der Waals surface area contributed by atoms with E-state index in [1.165, 1.54) is 11.0 Å². The fraction of sp³-hybridized carbons (Fsp3) is 0.619. The van der Waals surface area contributed by atoms with Crippen molar-refractivity contribution < 1.29 is 28.2 Å². The van der Waals surface area contributed by atoms with Crippen molar-refractivity contribution in [2.75, 3.05) is 13.1 Å². The summed E-state index contributed by atoms with van der Waals surface area (Å²) in [6.45, 7) is 9.72. The molecule has 2 rings (SSSR count). The van der Waals surface area contributed by atoms with E-state index in [0.717, 1.165) is 12.1 Å². The van der Waals surface area contributed by atoms with Crippen LogP contribution in [0.15, 0.2) is 18.2 Å². The van der Waals surface area contributed by atoms with Gasteiger partial charge in [-0.05, 0) is 38.8 Å². The summed E-state index contributed by atoms with van der Waals surface area (Å²) in [5.41, 5.74) is -0.724. The molecule has 1 saturated heterocycles. The monoisotopic (exact) mass is 412 g/mol. The lowest BCUT2D eigenvalue weighted by Crippen LogP contribution is -2.60. The first-order chi connectivity index (χ1) is 13.4. The first kappa shape index (κ1) is 22.9. The SMILES string of the molecule is CC(C)[C@@H](C(=O)N1CCC(Oc2ccc(F)cc2F)CC1)N(C(=O)O)C(C)(C)C. The van der Waals surface area contributed by atoms with Crippen LogP contribution in [0.1, 0.15) is 47.5 Å². The van der Waals surface area contributed by atoms with Gasteiger partial charge in [-0.15, -0.1) is 0 Å². The molecule has 0 aliphatic carbocycles. The first-order valence-corrected chi connectivity index (χ1v) is 9.84. The zero-order chi connectivity index (χ0) is 21.9. The summed E-state index contributed by atoms with van der Waals surface area (Å²) in [5.74, 6) is -1.87. The number of hydrogen-bond donors (Lipinski definition) is 1. The Morgan fingerprint density at radius 1 is 1.21 bits per heavy atom. The Balaban J connectivity index is 2.06. The number of hydrogen-bond acceptors (Lipinski definition) is 3. The number of amides is 2. The lowest BCUT2D eigenvalue weighted by Gasteiger charge is -2.43. The summed E-state index contributed by atoms with van der Waals surface area (Å²) in [4.78, 5) is 27.9. The summed E-state index contributed by atoms with van der Waals surface area (Å²) < 4.78 is 32.5. The maximum absolute atomic E-state index is 13.8. The van der Waals surface area contributed by atoms with Crippen LogP contribution in [0, 0.1) is 17.6 Å². The summed E-state index contributed by atoms with van der Waals surface area (Å²) in [6, 6.07) is 2.37. The molecule has 162 valence electrons. The molecule has 8 heteroatoms. The van der Waals surface area contributed by atoms with Crippen LogP contribution in [0.25, 0.3) is 0 Å². The number of carboxylic acid groups (broad SMARTS) is 1. The van der Waals surface area contributed by atoms with Crippen LogP contribution >= 0.6 is 0 Å². The van der Waals surface area contributed by atoms with Gasteiger partial charge < -0.3 is 14.7 Å². The fourth-order valence-corrected chi connectivity index (χ4v) is 3.65. The van der Waals surface area contributed by atoms with E-state index in [2.05, 4.69) is 0 Å². The second-order valence-corrected chi connectivity index (χ2v) is 8.73. The number of rotatable bonds is 5. The van der Waals surface area contributed by atoms with Crippen LogP contribution < -0.4 is 4.74 Å².